The Morgan fingerprint density at radius 2 is 1.79 bits per heavy atom. The average molecular weight is 249 g/mol. The quantitative estimate of drug-likeness (QED) is 0.702. The van der Waals surface area contributed by atoms with E-state index >= 15 is 0 Å². The molecule has 2 aromatic carbocycles. The van der Waals surface area contributed by atoms with Crippen molar-refractivity contribution in [2.24, 2.45) is 0 Å². The van der Waals surface area contributed by atoms with Gasteiger partial charge in [-0.1, -0.05) is 46.3 Å². The predicted octanol–water partition coefficient (Wildman–Crippen LogP) is 3.67. The van der Waals surface area contributed by atoms with Gasteiger partial charge in [0.2, 0.25) is 0 Å². The highest BCUT2D eigenvalue weighted by Gasteiger charge is 2.26. The molecule has 1 atom stereocenters. The van der Waals surface area contributed by atoms with E-state index in [2.05, 4.69) is 52.3 Å². The number of benzene rings is 2. The Morgan fingerprint density at radius 3 is 2.50 bits per heavy atom. The second-order valence-corrected chi connectivity index (χ2v) is 4.36. The van der Waals surface area contributed by atoms with E-state index in [1.807, 2.05) is 0 Å². The largest absolute Gasteiger partial charge is 0.368 e. The molecule has 0 N–H and O–H groups in total. The summed E-state index contributed by atoms with van der Waals surface area (Å²) in [4.78, 5) is 0. The molecule has 1 heterocycles. The van der Waals surface area contributed by atoms with Gasteiger partial charge in [0.15, 0.2) is 0 Å². The van der Waals surface area contributed by atoms with Crippen molar-refractivity contribution in [1.29, 1.82) is 0 Å². The molecule has 0 unspecified atom stereocenters. The SMILES string of the molecule is Brc1ccc([C@H]2CO2)c2ccccc12. The molecule has 0 aliphatic carbocycles. The lowest BCUT2D eigenvalue weighted by Gasteiger charge is -2.05. The minimum Gasteiger partial charge on any atom is -0.368 e. The van der Waals surface area contributed by atoms with Crippen molar-refractivity contribution in [2.75, 3.05) is 6.61 Å². The summed E-state index contributed by atoms with van der Waals surface area (Å²) in [6.45, 7) is 0.867. The van der Waals surface area contributed by atoms with Crippen LogP contribution in [0.3, 0.4) is 0 Å². The summed E-state index contributed by atoms with van der Waals surface area (Å²) in [6, 6.07) is 12.6. The molecule has 0 spiro atoms. The van der Waals surface area contributed by atoms with E-state index in [0.29, 0.717) is 6.10 Å². The summed E-state index contributed by atoms with van der Waals surface area (Å²) < 4.78 is 6.48. The second kappa shape index (κ2) is 3.07. The van der Waals surface area contributed by atoms with Gasteiger partial charge < -0.3 is 4.74 Å². The zero-order valence-corrected chi connectivity index (χ0v) is 9.12. The Kier molecular flexibility index (Phi) is 1.85. The molecule has 1 saturated heterocycles. The Labute approximate surface area is 90.8 Å². The first-order valence-electron chi connectivity index (χ1n) is 4.65. The second-order valence-electron chi connectivity index (χ2n) is 3.50. The first kappa shape index (κ1) is 8.45. The van der Waals surface area contributed by atoms with E-state index in [0.717, 1.165) is 11.1 Å². The Balaban J connectivity index is 2.35. The van der Waals surface area contributed by atoms with Crippen LogP contribution in [0.5, 0.6) is 0 Å². The van der Waals surface area contributed by atoms with Crippen LogP contribution in [-0.4, -0.2) is 6.61 Å². The number of rotatable bonds is 1. The number of fused-ring (bicyclic) bond motifs is 1. The lowest BCUT2D eigenvalue weighted by atomic mass is 10.0. The molecule has 14 heavy (non-hydrogen) atoms. The third-order valence-corrected chi connectivity index (χ3v) is 3.28. The molecule has 1 aliphatic heterocycles. The van der Waals surface area contributed by atoms with Gasteiger partial charge in [-0.2, -0.15) is 0 Å². The van der Waals surface area contributed by atoms with Gasteiger partial charge in [-0.3, -0.25) is 0 Å². The summed E-state index contributed by atoms with van der Waals surface area (Å²) in [6.07, 6.45) is 0.327. The van der Waals surface area contributed by atoms with Crippen LogP contribution in [0.2, 0.25) is 0 Å². The fraction of sp³-hybridized carbons (Fsp3) is 0.167. The van der Waals surface area contributed by atoms with Crippen LogP contribution in [-0.2, 0) is 4.74 Å². The van der Waals surface area contributed by atoms with E-state index in [1.165, 1.54) is 16.3 Å². The van der Waals surface area contributed by atoms with Gasteiger partial charge in [-0.05, 0) is 22.4 Å². The molecular weight excluding hydrogens is 240 g/mol. The lowest BCUT2D eigenvalue weighted by Crippen LogP contribution is -1.84. The van der Waals surface area contributed by atoms with Crippen LogP contribution in [0.4, 0.5) is 0 Å². The van der Waals surface area contributed by atoms with Gasteiger partial charge in [0.05, 0.1) is 6.61 Å². The molecule has 1 aliphatic rings. The molecule has 0 bridgehead atoms. The fourth-order valence-corrected chi connectivity index (χ4v) is 2.27. The zero-order valence-electron chi connectivity index (χ0n) is 7.53. The highest BCUT2D eigenvalue weighted by Crippen LogP contribution is 2.37. The van der Waals surface area contributed by atoms with E-state index < -0.39 is 0 Å². The normalized spacial score (nSPS) is 19.9. The first-order chi connectivity index (χ1) is 6.86. The molecular formula is C12H9BrO. The van der Waals surface area contributed by atoms with E-state index in [4.69, 9.17) is 4.74 Å². The maximum absolute atomic E-state index is 5.33. The van der Waals surface area contributed by atoms with Crippen molar-refractivity contribution in [3.8, 4) is 0 Å². The number of epoxide rings is 1. The monoisotopic (exact) mass is 248 g/mol. The topological polar surface area (TPSA) is 12.5 Å². The van der Waals surface area contributed by atoms with Gasteiger partial charge in [0.1, 0.15) is 6.10 Å². The first-order valence-corrected chi connectivity index (χ1v) is 5.44. The van der Waals surface area contributed by atoms with Crippen molar-refractivity contribution in [1.82, 2.24) is 0 Å². The summed E-state index contributed by atoms with van der Waals surface area (Å²) in [5, 5.41) is 2.56. The Bertz CT molecular complexity index is 489. The molecule has 1 fully saturated rings. The van der Waals surface area contributed by atoms with E-state index in [9.17, 15) is 0 Å². The van der Waals surface area contributed by atoms with Crippen LogP contribution in [0, 0.1) is 0 Å². The molecule has 0 amide bonds. The van der Waals surface area contributed by atoms with E-state index in [1.54, 1.807) is 0 Å². The zero-order chi connectivity index (χ0) is 9.54. The fourth-order valence-electron chi connectivity index (χ4n) is 1.79. The molecule has 2 aromatic rings. The molecule has 70 valence electrons. The standard InChI is InChI=1S/C12H9BrO/c13-11-6-5-10(12-7-14-12)8-3-1-2-4-9(8)11/h1-6,12H,7H2/t12-/m1/s1. The number of halogens is 1. The molecule has 0 saturated carbocycles. The van der Waals surface area contributed by atoms with Crippen molar-refractivity contribution in [2.45, 2.75) is 6.10 Å². The molecule has 2 heteroatoms. The van der Waals surface area contributed by atoms with Gasteiger partial charge in [0.25, 0.3) is 0 Å². The van der Waals surface area contributed by atoms with Gasteiger partial charge in [-0.15, -0.1) is 0 Å². The van der Waals surface area contributed by atoms with Gasteiger partial charge >= 0.3 is 0 Å². The lowest BCUT2D eigenvalue weighted by molar-refractivity contribution is 0.417. The minimum absolute atomic E-state index is 0.327. The number of hydrogen-bond donors (Lipinski definition) is 0. The van der Waals surface area contributed by atoms with Crippen molar-refractivity contribution >= 4 is 26.7 Å². The van der Waals surface area contributed by atoms with Gasteiger partial charge in [-0.25, -0.2) is 0 Å². The summed E-state index contributed by atoms with van der Waals surface area (Å²) in [7, 11) is 0. The highest BCUT2D eigenvalue weighted by atomic mass is 79.9. The van der Waals surface area contributed by atoms with Crippen molar-refractivity contribution in [3.63, 3.8) is 0 Å². The van der Waals surface area contributed by atoms with Crippen molar-refractivity contribution in [3.05, 3.63) is 46.4 Å². The molecule has 1 nitrogen and oxygen atoms in total. The maximum Gasteiger partial charge on any atom is 0.107 e. The molecule has 3 rings (SSSR count). The van der Waals surface area contributed by atoms with E-state index in [-0.39, 0.29) is 0 Å². The van der Waals surface area contributed by atoms with Crippen LogP contribution in [0.1, 0.15) is 11.7 Å². The number of hydrogen-bond acceptors (Lipinski definition) is 1. The highest BCUT2D eigenvalue weighted by molar-refractivity contribution is 9.10. The average Bonchev–Trinajstić information content (AvgIpc) is 3.03. The summed E-state index contributed by atoms with van der Waals surface area (Å²) in [5.74, 6) is 0. The van der Waals surface area contributed by atoms with Crippen LogP contribution in [0.15, 0.2) is 40.9 Å². The molecule has 0 aromatic heterocycles. The molecule has 0 radical (unpaired) electrons. The van der Waals surface area contributed by atoms with Crippen LogP contribution >= 0.6 is 15.9 Å². The minimum atomic E-state index is 0.327. The van der Waals surface area contributed by atoms with Crippen molar-refractivity contribution < 1.29 is 4.74 Å². The van der Waals surface area contributed by atoms with Crippen LogP contribution in [0.25, 0.3) is 10.8 Å². The predicted molar refractivity (Wildman–Crippen MR) is 60.3 cm³/mol. The third-order valence-electron chi connectivity index (χ3n) is 2.58. The summed E-state index contributed by atoms with van der Waals surface area (Å²) in [5.41, 5.74) is 1.31. The van der Waals surface area contributed by atoms with Crippen LogP contribution < -0.4 is 0 Å². The summed E-state index contributed by atoms with van der Waals surface area (Å²) >= 11 is 3.56. The van der Waals surface area contributed by atoms with Gasteiger partial charge in [0, 0.05) is 4.47 Å². The Morgan fingerprint density at radius 1 is 1.07 bits per heavy atom. The Hall–Kier alpha value is -0.860. The number of ether oxygens (including phenoxy) is 1. The smallest absolute Gasteiger partial charge is 0.107 e. The third kappa shape index (κ3) is 1.26. The maximum atomic E-state index is 5.33.